The molecule has 2 unspecified atom stereocenters. The van der Waals surface area contributed by atoms with Gasteiger partial charge in [0.2, 0.25) is 0 Å². The van der Waals surface area contributed by atoms with Crippen LogP contribution in [0.3, 0.4) is 0 Å². The first kappa shape index (κ1) is 16.5. The van der Waals surface area contributed by atoms with Crippen molar-refractivity contribution < 1.29 is 19.1 Å². The fraction of sp³-hybridized carbons (Fsp3) is 0.875. The van der Waals surface area contributed by atoms with Crippen LogP contribution >= 0.6 is 0 Å². The van der Waals surface area contributed by atoms with Crippen molar-refractivity contribution in [2.75, 3.05) is 13.2 Å². The Morgan fingerprint density at radius 2 is 1.57 bits per heavy atom. The zero-order valence-corrected chi connectivity index (χ0v) is 15.0. The summed E-state index contributed by atoms with van der Waals surface area (Å²) >= 11 is 0. The third kappa shape index (κ3) is 3.03. The highest BCUT2D eigenvalue weighted by Gasteiger charge is 2.71. The predicted octanol–water partition coefficient (Wildman–Crippen LogP) is 3.24. The second-order valence-corrected chi connectivity index (χ2v) is 13.4. The molecule has 2 saturated carbocycles. The maximum Gasteiger partial charge on any atom is 0.323 e. The Balaban J connectivity index is 2.21. The van der Waals surface area contributed by atoms with Gasteiger partial charge in [0.25, 0.3) is 0 Å². The molecule has 0 bridgehead atoms. The van der Waals surface area contributed by atoms with Crippen molar-refractivity contribution in [1.29, 1.82) is 0 Å². The maximum absolute atomic E-state index is 12.4. The molecule has 0 saturated heterocycles. The molecule has 2 aliphatic carbocycles. The molecule has 2 aliphatic rings. The molecule has 0 N–H and O–H groups in total. The van der Waals surface area contributed by atoms with Crippen LogP contribution in [0, 0.1) is 16.7 Å². The zero-order chi connectivity index (χ0) is 15.9. The number of esters is 2. The molecule has 0 radical (unpaired) electrons. The maximum atomic E-state index is 12.4. The minimum atomic E-state index is -1.23. The van der Waals surface area contributed by atoms with Gasteiger partial charge in [0.1, 0.15) is 0 Å². The number of hydrogen-bond donors (Lipinski definition) is 0. The summed E-state index contributed by atoms with van der Waals surface area (Å²) in [5, 5.41) is 0. The van der Waals surface area contributed by atoms with Crippen molar-refractivity contribution in [3.05, 3.63) is 0 Å². The van der Waals surface area contributed by atoms with E-state index < -0.39 is 13.5 Å². The zero-order valence-electron chi connectivity index (χ0n) is 14.0. The molecule has 0 spiro atoms. The molecular weight excluding hydrogens is 284 g/mol. The molecule has 0 aromatic carbocycles. The van der Waals surface area contributed by atoms with E-state index in [1.54, 1.807) is 13.8 Å². The third-order valence-electron chi connectivity index (χ3n) is 4.82. The van der Waals surface area contributed by atoms with Crippen molar-refractivity contribution in [3.63, 3.8) is 0 Å². The quantitative estimate of drug-likeness (QED) is 0.429. The Labute approximate surface area is 128 Å². The smallest absolute Gasteiger partial charge is 0.323 e. The standard InChI is InChI=1S/C16H28O4Si/c1-6-19-13(17)16(14(18)20-7-2)9-12-8-15(12,10-16)11-21(3,4)5/h12H,6-11H2,1-5H3. The lowest BCUT2D eigenvalue weighted by Gasteiger charge is -2.29. The molecule has 5 heteroatoms. The highest BCUT2D eigenvalue weighted by molar-refractivity contribution is 6.76. The van der Waals surface area contributed by atoms with Crippen LogP contribution in [0.5, 0.6) is 0 Å². The summed E-state index contributed by atoms with van der Waals surface area (Å²) in [7, 11) is -1.23. The lowest BCUT2D eigenvalue weighted by Crippen LogP contribution is -2.42. The van der Waals surface area contributed by atoms with Crippen molar-refractivity contribution in [2.45, 2.75) is 58.8 Å². The number of rotatable bonds is 6. The van der Waals surface area contributed by atoms with Crippen LogP contribution in [0.25, 0.3) is 0 Å². The summed E-state index contributed by atoms with van der Waals surface area (Å²) in [5.74, 6) is -0.241. The van der Waals surface area contributed by atoms with E-state index in [0.29, 0.717) is 32.0 Å². The number of fused-ring (bicyclic) bond motifs is 1. The van der Waals surface area contributed by atoms with Crippen molar-refractivity contribution in [2.24, 2.45) is 16.7 Å². The molecule has 2 rings (SSSR count). The Bertz CT molecular complexity index is 422. The second-order valence-electron chi connectivity index (χ2n) is 7.90. The molecule has 4 nitrogen and oxygen atoms in total. The topological polar surface area (TPSA) is 52.6 Å². The molecule has 2 atom stereocenters. The Kier molecular flexibility index (Phi) is 4.26. The van der Waals surface area contributed by atoms with Crippen LogP contribution < -0.4 is 0 Å². The summed E-state index contributed by atoms with van der Waals surface area (Å²) in [5.41, 5.74) is -0.835. The molecule has 21 heavy (non-hydrogen) atoms. The van der Waals surface area contributed by atoms with Gasteiger partial charge in [-0.25, -0.2) is 0 Å². The minimum absolute atomic E-state index is 0.198. The molecule has 0 aromatic rings. The normalized spacial score (nSPS) is 29.7. The van der Waals surface area contributed by atoms with E-state index in [9.17, 15) is 9.59 Å². The largest absolute Gasteiger partial charge is 0.465 e. The minimum Gasteiger partial charge on any atom is -0.465 e. The van der Waals surface area contributed by atoms with E-state index in [0.717, 1.165) is 6.42 Å². The summed E-state index contributed by atoms with van der Waals surface area (Å²) in [6, 6.07) is 1.19. The highest BCUT2D eigenvalue weighted by atomic mass is 28.3. The van der Waals surface area contributed by atoms with Gasteiger partial charge in [0, 0.05) is 8.07 Å². The molecule has 0 amide bonds. The van der Waals surface area contributed by atoms with Gasteiger partial charge in [-0.15, -0.1) is 0 Å². The van der Waals surface area contributed by atoms with Crippen LogP contribution in [0.1, 0.15) is 33.1 Å². The van der Waals surface area contributed by atoms with Gasteiger partial charge < -0.3 is 9.47 Å². The summed E-state index contributed by atoms with van der Waals surface area (Å²) in [4.78, 5) is 24.9. The van der Waals surface area contributed by atoms with Gasteiger partial charge >= 0.3 is 11.9 Å². The lowest BCUT2D eigenvalue weighted by atomic mass is 9.81. The Morgan fingerprint density at radius 1 is 1.05 bits per heavy atom. The van der Waals surface area contributed by atoms with Crippen LogP contribution in [-0.4, -0.2) is 33.2 Å². The number of carbonyl (C=O) groups excluding carboxylic acids is 2. The summed E-state index contributed by atoms with van der Waals surface area (Å²) in [6.45, 7) is 11.2. The molecule has 120 valence electrons. The molecule has 0 heterocycles. The monoisotopic (exact) mass is 312 g/mol. The van der Waals surface area contributed by atoms with Crippen molar-refractivity contribution in [3.8, 4) is 0 Å². The van der Waals surface area contributed by atoms with Crippen LogP contribution in [-0.2, 0) is 19.1 Å². The first-order chi connectivity index (χ1) is 9.69. The van der Waals surface area contributed by atoms with Crippen LogP contribution in [0.2, 0.25) is 25.7 Å². The second kappa shape index (κ2) is 5.41. The van der Waals surface area contributed by atoms with E-state index in [2.05, 4.69) is 19.6 Å². The fourth-order valence-electron chi connectivity index (χ4n) is 4.30. The summed E-state index contributed by atoms with van der Waals surface area (Å²) < 4.78 is 10.4. The third-order valence-corrected chi connectivity index (χ3v) is 6.59. The molecule has 0 aromatic heterocycles. The average molecular weight is 312 g/mol. The van der Waals surface area contributed by atoms with Gasteiger partial charge in [0.15, 0.2) is 5.41 Å². The van der Waals surface area contributed by atoms with Crippen molar-refractivity contribution >= 4 is 20.0 Å². The predicted molar refractivity (Wildman–Crippen MR) is 83.6 cm³/mol. The average Bonchev–Trinajstić information content (AvgIpc) is 2.88. The first-order valence-corrected chi connectivity index (χ1v) is 11.7. The van der Waals surface area contributed by atoms with Crippen LogP contribution in [0.15, 0.2) is 0 Å². The van der Waals surface area contributed by atoms with Gasteiger partial charge in [-0.2, -0.15) is 0 Å². The van der Waals surface area contributed by atoms with E-state index in [1.807, 2.05) is 0 Å². The van der Waals surface area contributed by atoms with E-state index in [4.69, 9.17) is 9.47 Å². The van der Waals surface area contributed by atoms with Crippen molar-refractivity contribution in [1.82, 2.24) is 0 Å². The van der Waals surface area contributed by atoms with E-state index in [-0.39, 0.29) is 17.4 Å². The molecule has 0 aliphatic heterocycles. The van der Waals surface area contributed by atoms with E-state index >= 15 is 0 Å². The first-order valence-electron chi connectivity index (χ1n) is 8.03. The Hall–Kier alpha value is -0.843. The summed E-state index contributed by atoms with van der Waals surface area (Å²) in [6.07, 6.45) is 2.42. The highest BCUT2D eigenvalue weighted by Crippen LogP contribution is 2.72. The SMILES string of the molecule is CCOC(=O)C1(C(=O)OCC)CC2CC2(C[Si](C)(C)C)C1. The Morgan fingerprint density at radius 3 is 2.00 bits per heavy atom. The number of ether oxygens (including phenoxy) is 2. The van der Waals surface area contributed by atoms with Gasteiger partial charge in [-0.1, -0.05) is 25.7 Å². The van der Waals surface area contributed by atoms with E-state index in [1.165, 1.54) is 6.04 Å². The lowest BCUT2D eigenvalue weighted by molar-refractivity contribution is -0.172. The molecule has 2 fully saturated rings. The van der Waals surface area contributed by atoms with Gasteiger partial charge in [-0.05, 0) is 44.4 Å². The number of carbonyl (C=O) groups is 2. The fourth-order valence-corrected chi connectivity index (χ4v) is 6.97. The molecular formula is C16H28O4Si. The van der Waals surface area contributed by atoms with Crippen LogP contribution in [0.4, 0.5) is 0 Å². The number of hydrogen-bond acceptors (Lipinski definition) is 4. The van der Waals surface area contributed by atoms with Gasteiger partial charge in [-0.3, -0.25) is 9.59 Å². The van der Waals surface area contributed by atoms with Gasteiger partial charge in [0.05, 0.1) is 13.2 Å².